The minimum absolute atomic E-state index is 0.571. The number of thioether (sulfide) groups is 1. The zero-order chi connectivity index (χ0) is 10.7. The van der Waals surface area contributed by atoms with E-state index in [-0.39, 0.29) is 0 Å². The fraction of sp³-hybridized carbons (Fsp3) is 0.545. The summed E-state index contributed by atoms with van der Waals surface area (Å²) in [5.74, 6) is 2.26. The van der Waals surface area contributed by atoms with Crippen molar-refractivity contribution >= 4 is 17.6 Å². The van der Waals surface area contributed by atoms with E-state index in [1.165, 1.54) is 5.75 Å². The van der Waals surface area contributed by atoms with Gasteiger partial charge in [0.2, 0.25) is 0 Å². The van der Waals surface area contributed by atoms with Crippen LogP contribution in [0.4, 0.5) is 5.82 Å². The third-order valence-corrected chi connectivity index (χ3v) is 3.76. The molecular formula is C11H17N3S. The SMILES string of the molecule is CC1CN(c2ncccc2CN)CCS1. The fourth-order valence-corrected chi connectivity index (χ4v) is 2.90. The number of hydrogen-bond donors (Lipinski definition) is 1. The maximum atomic E-state index is 5.72. The van der Waals surface area contributed by atoms with Gasteiger partial charge in [-0.2, -0.15) is 11.8 Å². The molecule has 1 fully saturated rings. The molecule has 1 aliphatic heterocycles. The number of pyridine rings is 1. The lowest BCUT2D eigenvalue weighted by Gasteiger charge is -2.32. The Morgan fingerprint density at radius 1 is 1.67 bits per heavy atom. The molecule has 1 aromatic heterocycles. The van der Waals surface area contributed by atoms with Crippen LogP contribution >= 0.6 is 11.8 Å². The quantitative estimate of drug-likeness (QED) is 0.824. The highest BCUT2D eigenvalue weighted by molar-refractivity contribution is 8.00. The summed E-state index contributed by atoms with van der Waals surface area (Å²) < 4.78 is 0. The predicted molar refractivity (Wildman–Crippen MR) is 66.3 cm³/mol. The Morgan fingerprint density at radius 3 is 3.27 bits per heavy atom. The minimum atomic E-state index is 0.571. The van der Waals surface area contributed by atoms with Gasteiger partial charge in [-0.3, -0.25) is 0 Å². The van der Waals surface area contributed by atoms with E-state index in [1.807, 2.05) is 24.0 Å². The monoisotopic (exact) mass is 223 g/mol. The van der Waals surface area contributed by atoms with Gasteiger partial charge in [0.25, 0.3) is 0 Å². The normalized spacial score (nSPS) is 21.7. The largest absolute Gasteiger partial charge is 0.354 e. The molecule has 3 nitrogen and oxygen atoms in total. The van der Waals surface area contributed by atoms with E-state index in [1.54, 1.807) is 0 Å². The first kappa shape index (κ1) is 10.8. The first-order valence-electron chi connectivity index (χ1n) is 5.31. The van der Waals surface area contributed by atoms with Gasteiger partial charge in [-0.25, -0.2) is 4.98 Å². The topological polar surface area (TPSA) is 42.2 Å². The second kappa shape index (κ2) is 4.86. The number of hydrogen-bond acceptors (Lipinski definition) is 4. The minimum Gasteiger partial charge on any atom is -0.354 e. The first-order chi connectivity index (χ1) is 7.31. The van der Waals surface area contributed by atoms with Crippen molar-refractivity contribution < 1.29 is 0 Å². The van der Waals surface area contributed by atoms with Crippen molar-refractivity contribution in [3.63, 3.8) is 0 Å². The summed E-state index contributed by atoms with van der Waals surface area (Å²) in [6.45, 7) is 5.00. The molecular weight excluding hydrogens is 206 g/mol. The second-order valence-corrected chi connectivity index (χ2v) is 5.36. The molecule has 0 aromatic carbocycles. The fourth-order valence-electron chi connectivity index (χ4n) is 1.89. The Balaban J connectivity index is 2.20. The summed E-state index contributed by atoms with van der Waals surface area (Å²) in [6.07, 6.45) is 1.85. The highest BCUT2D eigenvalue weighted by atomic mass is 32.2. The van der Waals surface area contributed by atoms with E-state index >= 15 is 0 Å². The standard InChI is InChI=1S/C11H17N3S/c1-9-8-14(5-6-15-9)11-10(7-12)3-2-4-13-11/h2-4,9H,5-8,12H2,1H3. The molecule has 1 atom stereocenters. The molecule has 0 aliphatic carbocycles. The van der Waals surface area contributed by atoms with Gasteiger partial charge in [0, 0.05) is 42.4 Å². The van der Waals surface area contributed by atoms with Crippen LogP contribution in [0.1, 0.15) is 12.5 Å². The lowest BCUT2D eigenvalue weighted by molar-refractivity contribution is 0.762. The van der Waals surface area contributed by atoms with E-state index < -0.39 is 0 Å². The van der Waals surface area contributed by atoms with Crippen molar-refractivity contribution in [2.45, 2.75) is 18.7 Å². The van der Waals surface area contributed by atoms with Crippen LogP contribution in [0, 0.1) is 0 Å². The molecule has 1 saturated heterocycles. The molecule has 82 valence electrons. The molecule has 1 aromatic rings. The maximum absolute atomic E-state index is 5.72. The summed E-state index contributed by atoms with van der Waals surface area (Å²) in [4.78, 5) is 6.79. The van der Waals surface area contributed by atoms with Crippen LogP contribution in [0.15, 0.2) is 18.3 Å². The lowest BCUT2D eigenvalue weighted by Crippen LogP contribution is -2.37. The molecule has 0 amide bonds. The average Bonchev–Trinajstić information content (AvgIpc) is 2.29. The molecule has 2 heterocycles. The van der Waals surface area contributed by atoms with Gasteiger partial charge >= 0.3 is 0 Å². The second-order valence-electron chi connectivity index (χ2n) is 3.82. The van der Waals surface area contributed by atoms with Crippen molar-refractivity contribution in [1.29, 1.82) is 0 Å². The van der Waals surface area contributed by atoms with Crippen LogP contribution in [0.3, 0.4) is 0 Å². The van der Waals surface area contributed by atoms with E-state index in [2.05, 4.69) is 22.9 Å². The molecule has 4 heteroatoms. The number of rotatable bonds is 2. The Labute approximate surface area is 95.1 Å². The smallest absolute Gasteiger partial charge is 0.133 e. The highest BCUT2D eigenvalue weighted by Crippen LogP contribution is 2.24. The zero-order valence-corrected chi connectivity index (χ0v) is 9.83. The van der Waals surface area contributed by atoms with Gasteiger partial charge in [-0.1, -0.05) is 13.0 Å². The van der Waals surface area contributed by atoms with Crippen molar-refractivity contribution in [3.8, 4) is 0 Å². The van der Waals surface area contributed by atoms with Gasteiger partial charge in [0.15, 0.2) is 0 Å². The number of nitrogens with two attached hydrogens (primary N) is 1. The molecule has 2 N–H and O–H groups in total. The molecule has 0 saturated carbocycles. The maximum Gasteiger partial charge on any atom is 0.133 e. The van der Waals surface area contributed by atoms with Gasteiger partial charge in [-0.05, 0) is 6.07 Å². The van der Waals surface area contributed by atoms with Crippen LogP contribution < -0.4 is 10.6 Å². The molecule has 15 heavy (non-hydrogen) atoms. The molecule has 1 unspecified atom stereocenters. The molecule has 1 aliphatic rings. The van der Waals surface area contributed by atoms with Crippen LogP contribution in [0.2, 0.25) is 0 Å². The van der Waals surface area contributed by atoms with Gasteiger partial charge in [-0.15, -0.1) is 0 Å². The summed E-state index contributed by atoms with van der Waals surface area (Å²) in [7, 11) is 0. The van der Waals surface area contributed by atoms with Crippen LogP contribution in [-0.4, -0.2) is 29.1 Å². The Bertz CT molecular complexity index is 329. The van der Waals surface area contributed by atoms with Crippen molar-refractivity contribution in [3.05, 3.63) is 23.9 Å². The third kappa shape index (κ3) is 2.44. The predicted octanol–water partition coefficient (Wildman–Crippen LogP) is 1.48. The number of nitrogens with zero attached hydrogens (tertiary/aromatic N) is 2. The molecule has 0 bridgehead atoms. The highest BCUT2D eigenvalue weighted by Gasteiger charge is 2.19. The Hall–Kier alpha value is -0.740. The van der Waals surface area contributed by atoms with E-state index in [9.17, 15) is 0 Å². The first-order valence-corrected chi connectivity index (χ1v) is 6.36. The summed E-state index contributed by atoms with van der Waals surface area (Å²) in [6, 6.07) is 4.02. The van der Waals surface area contributed by atoms with Crippen LogP contribution in [0.25, 0.3) is 0 Å². The number of aromatic nitrogens is 1. The van der Waals surface area contributed by atoms with Crippen LogP contribution in [0.5, 0.6) is 0 Å². The zero-order valence-electron chi connectivity index (χ0n) is 9.02. The summed E-state index contributed by atoms with van der Waals surface area (Å²) >= 11 is 2.03. The summed E-state index contributed by atoms with van der Waals surface area (Å²) in [5.41, 5.74) is 6.87. The van der Waals surface area contributed by atoms with Crippen LogP contribution in [-0.2, 0) is 6.54 Å². The van der Waals surface area contributed by atoms with Crippen molar-refractivity contribution in [2.24, 2.45) is 5.73 Å². The third-order valence-electron chi connectivity index (χ3n) is 2.63. The Kier molecular flexibility index (Phi) is 3.49. The van der Waals surface area contributed by atoms with E-state index in [0.717, 1.165) is 24.5 Å². The summed E-state index contributed by atoms with van der Waals surface area (Å²) in [5, 5.41) is 0.686. The molecule has 0 spiro atoms. The van der Waals surface area contributed by atoms with E-state index in [0.29, 0.717) is 11.8 Å². The van der Waals surface area contributed by atoms with Crippen molar-refractivity contribution in [1.82, 2.24) is 4.98 Å². The molecule has 0 radical (unpaired) electrons. The number of anilines is 1. The van der Waals surface area contributed by atoms with Gasteiger partial charge in [0.05, 0.1) is 0 Å². The Morgan fingerprint density at radius 2 is 2.53 bits per heavy atom. The van der Waals surface area contributed by atoms with Crippen molar-refractivity contribution in [2.75, 3.05) is 23.7 Å². The lowest BCUT2D eigenvalue weighted by atomic mass is 10.2. The van der Waals surface area contributed by atoms with E-state index in [4.69, 9.17) is 5.73 Å². The van der Waals surface area contributed by atoms with Gasteiger partial charge in [0.1, 0.15) is 5.82 Å². The van der Waals surface area contributed by atoms with Gasteiger partial charge < -0.3 is 10.6 Å². The average molecular weight is 223 g/mol. The molecule has 2 rings (SSSR count).